The Morgan fingerprint density at radius 3 is 2.32 bits per heavy atom. The minimum atomic E-state index is -3.61. The molecule has 2 aliphatic heterocycles. The first-order valence-corrected chi connectivity index (χ1v) is 13.4. The summed E-state index contributed by atoms with van der Waals surface area (Å²) in [7, 11) is -3.61. The van der Waals surface area contributed by atoms with Crippen molar-refractivity contribution in [2.45, 2.75) is 30.6 Å². The standard InChI is InChI=1S/C25H28FN3O4S/c26-20-3-5-21(6-4-20)27-12-14-28(15-13-27)24(30)10-16-34(32,33)22-7-8-23-19(17-22)9-11-29(23)25(31)18-1-2-18/h3-8,17-18H,1-2,9-16H2. The molecular formula is C25H28FN3O4S. The lowest BCUT2D eigenvalue weighted by molar-refractivity contribution is -0.131. The summed E-state index contributed by atoms with van der Waals surface area (Å²) in [5.74, 6) is -0.443. The Balaban J connectivity index is 1.16. The van der Waals surface area contributed by atoms with Gasteiger partial charge in [0.1, 0.15) is 5.82 Å². The Morgan fingerprint density at radius 2 is 1.65 bits per heavy atom. The van der Waals surface area contributed by atoms with Crippen LogP contribution in [0.2, 0.25) is 0 Å². The van der Waals surface area contributed by atoms with Crippen LogP contribution in [0.5, 0.6) is 0 Å². The van der Waals surface area contributed by atoms with Gasteiger partial charge in [-0.3, -0.25) is 9.59 Å². The van der Waals surface area contributed by atoms with E-state index in [1.54, 1.807) is 40.1 Å². The molecular weight excluding hydrogens is 457 g/mol. The van der Waals surface area contributed by atoms with E-state index in [0.29, 0.717) is 39.1 Å². The molecule has 5 rings (SSSR count). The van der Waals surface area contributed by atoms with Gasteiger partial charge in [0.05, 0.1) is 10.6 Å². The molecule has 0 aromatic heterocycles. The third kappa shape index (κ3) is 4.66. The Hall–Kier alpha value is -2.94. The number of nitrogens with zero attached hydrogens (tertiary/aromatic N) is 3. The quantitative estimate of drug-likeness (QED) is 0.629. The van der Waals surface area contributed by atoms with Gasteiger partial charge >= 0.3 is 0 Å². The Labute approximate surface area is 199 Å². The number of piperazine rings is 1. The molecule has 2 fully saturated rings. The fourth-order valence-electron chi connectivity index (χ4n) is 4.71. The van der Waals surface area contributed by atoms with Crippen molar-refractivity contribution in [3.63, 3.8) is 0 Å². The van der Waals surface area contributed by atoms with Gasteiger partial charge in [0.25, 0.3) is 0 Å². The molecule has 0 spiro atoms. The maximum Gasteiger partial charge on any atom is 0.230 e. The molecule has 1 aliphatic carbocycles. The van der Waals surface area contributed by atoms with Gasteiger partial charge in [-0.2, -0.15) is 0 Å². The van der Waals surface area contributed by atoms with Gasteiger partial charge in [-0.15, -0.1) is 0 Å². The maximum absolute atomic E-state index is 13.1. The molecule has 0 N–H and O–H groups in total. The van der Waals surface area contributed by atoms with Crippen LogP contribution in [0.3, 0.4) is 0 Å². The number of sulfone groups is 1. The fraction of sp³-hybridized carbons (Fsp3) is 0.440. The van der Waals surface area contributed by atoms with Gasteiger partial charge in [0.15, 0.2) is 9.84 Å². The van der Waals surface area contributed by atoms with Crippen molar-refractivity contribution in [1.82, 2.24) is 4.90 Å². The van der Waals surface area contributed by atoms with Crippen molar-refractivity contribution in [1.29, 1.82) is 0 Å². The van der Waals surface area contributed by atoms with Gasteiger partial charge < -0.3 is 14.7 Å². The van der Waals surface area contributed by atoms with Crippen molar-refractivity contribution in [3.8, 4) is 0 Å². The predicted octanol–water partition coefficient (Wildman–Crippen LogP) is 2.64. The molecule has 1 saturated heterocycles. The highest BCUT2D eigenvalue weighted by Gasteiger charge is 2.36. The molecule has 9 heteroatoms. The molecule has 7 nitrogen and oxygen atoms in total. The SMILES string of the molecule is O=C(CCS(=O)(=O)c1ccc2c(c1)CCN2C(=O)C1CC1)N1CCN(c2ccc(F)cc2)CC1. The van der Waals surface area contributed by atoms with Crippen LogP contribution in [-0.4, -0.2) is 63.6 Å². The van der Waals surface area contributed by atoms with Crippen molar-refractivity contribution in [3.05, 3.63) is 53.8 Å². The van der Waals surface area contributed by atoms with E-state index in [9.17, 15) is 22.4 Å². The second-order valence-corrected chi connectivity index (χ2v) is 11.3. The van der Waals surface area contributed by atoms with Crippen LogP contribution in [0.4, 0.5) is 15.8 Å². The molecule has 2 heterocycles. The Bertz CT molecular complexity index is 1200. The van der Waals surface area contributed by atoms with E-state index < -0.39 is 9.84 Å². The lowest BCUT2D eigenvalue weighted by atomic mass is 10.2. The molecule has 3 aliphatic rings. The highest BCUT2D eigenvalue weighted by molar-refractivity contribution is 7.91. The summed E-state index contributed by atoms with van der Waals surface area (Å²) < 4.78 is 39.0. The summed E-state index contributed by atoms with van der Waals surface area (Å²) in [5, 5.41) is 0. The summed E-state index contributed by atoms with van der Waals surface area (Å²) in [4.78, 5) is 30.9. The van der Waals surface area contributed by atoms with Gasteiger partial charge in [-0.1, -0.05) is 0 Å². The van der Waals surface area contributed by atoms with Crippen LogP contribution in [0, 0.1) is 11.7 Å². The summed E-state index contributed by atoms with van der Waals surface area (Å²) in [6.45, 7) is 2.83. The van der Waals surface area contributed by atoms with E-state index in [1.807, 2.05) is 0 Å². The molecule has 0 radical (unpaired) electrons. The van der Waals surface area contributed by atoms with E-state index in [1.165, 1.54) is 12.1 Å². The number of benzene rings is 2. The number of hydrogen-bond acceptors (Lipinski definition) is 5. The first kappa shape index (κ1) is 22.8. The number of hydrogen-bond donors (Lipinski definition) is 0. The molecule has 2 aromatic rings. The number of amides is 2. The molecule has 34 heavy (non-hydrogen) atoms. The first-order valence-electron chi connectivity index (χ1n) is 11.8. The second kappa shape index (κ2) is 9.02. The number of carbonyl (C=O) groups excluding carboxylic acids is 2. The van der Waals surface area contributed by atoms with E-state index in [2.05, 4.69) is 4.90 Å². The minimum absolute atomic E-state index is 0.0672. The van der Waals surface area contributed by atoms with E-state index >= 15 is 0 Å². The summed E-state index contributed by atoms with van der Waals surface area (Å²) in [6, 6.07) is 11.2. The molecule has 2 aromatic carbocycles. The second-order valence-electron chi connectivity index (χ2n) is 9.22. The highest BCUT2D eigenvalue weighted by Crippen LogP contribution is 2.37. The number of carbonyl (C=O) groups is 2. The lowest BCUT2D eigenvalue weighted by Gasteiger charge is -2.36. The smallest absolute Gasteiger partial charge is 0.230 e. The van der Waals surface area contributed by atoms with Crippen LogP contribution in [-0.2, 0) is 25.8 Å². The third-order valence-electron chi connectivity index (χ3n) is 6.91. The zero-order chi connectivity index (χ0) is 23.9. The topological polar surface area (TPSA) is 78.0 Å². The monoisotopic (exact) mass is 485 g/mol. The zero-order valence-electron chi connectivity index (χ0n) is 19.0. The first-order chi connectivity index (χ1) is 16.3. The fourth-order valence-corrected chi connectivity index (χ4v) is 5.99. The number of rotatable bonds is 6. The highest BCUT2D eigenvalue weighted by atomic mass is 32.2. The molecule has 180 valence electrons. The molecule has 1 saturated carbocycles. The van der Waals surface area contributed by atoms with E-state index in [-0.39, 0.29) is 40.6 Å². The average molecular weight is 486 g/mol. The predicted molar refractivity (Wildman–Crippen MR) is 127 cm³/mol. The number of anilines is 2. The largest absolute Gasteiger partial charge is 0.368 e. The number of halogens is 1. The summed E-state index contributed by atoms with van der Waals surface area (Å²) >= 11 is 0. The van der Waals surface area contributed by atoms with Gasteiger partial charge in [-0.05, 0) is 67.3 Å². The van der Waals surface area contributed by atoms with Crippen LogP contribution in [0.25, 0.3) is 0 Å². The Morgan fingerprint density at radius 1 is 0.941 bits per heavy atom. The van der Waals surface area contributed by atoms with Crippen molar-refractivity contribution in [2.24, 2.45) is 5.92 Å². The molecule has 0 atom stereocenters. The van der Waals surface area contributed by atoms with Gasteiger partial charge in [0, 0.05) is 56.4 Å². The molecule has 0 bridgehead atoms. The molecule has 2 amide bonds. The maximum atomic E-state index is 13.1. The molecule has 0 unspecified atom stereocenters. The van der Waals surface area contributed by atoms with Crippen molar-refractivity contribution < 1.29 is 22.4 Å². The number of fused-ring (bicyclic) bond motifs is 1. The zero-order valence-corrected chi connectivity index (χ0v) is 19.8. The van der Waals surface area contributed by atoms with Crippen LogP contribution >= 0.6 is 0 Å². The summed E-state index contributed by atoms with van der Waals surface area (Å²) in [6.07, 6.45) is 2.45. The van der Waals surface area contributed by atoms with Crippen LogP contribution in [0.15, 0.2) is 47.4 Å². The van der Waals surface area contributed by atoms with E-state index in [0.717, 1.165) is 29.8 Å². The van der Waals surface area contributed by atoms with Crippen molar-refractivity contribution >= 4 is 33.0 Å². The average Bonchev–Trinajstić information content (AvgIpc) is 3.61. The van der Waals surface area contributed by atoms with Gasteiger partial charge in [-0.25, -0.2) is 12.8 Å². The lowest BCUT2D eigenvalue weighted by Crippen LogP contribution is -2.49. The normalized spacial score (nSPS) is 18.2. The van der Waals surface area contributed by atoms with Crippen LogP contribution in [0.1, 0.15) is 24.8 Å². The minimum Gasteiger partial charge on any atom is -0.368 e. The third-order valence-corrected chi connectivity index (χ3v) is 8.62. The van der Waals surface area contributed by atoms with Gasteiger partial charge in [0.2, 0.25) is 11.8 Å². The summed E-state index contributed by atoms with van der Waals surface area (Å²) in [5.41, 5.74) is 2.59. The van der Waals surface area contributed by atoms with E-state index in [4.69, 9.17) is 0 Å². The van der Waals surface area contributed by atoms with Crippen molar-refractivity contribution in [2.75, 3.05) is 48.3 Å². The Kier molecular flexibility index (Phi) is 6.06. The van der Waals surface area contributed by atoms with Crippen LogP contribution < -0.4 is 9.80 Å².